The summed E-state index contributed by atoms with van der Waals surface area (Å²) in [6, 6.07) is -0.934. The van der Waals surface area contributed by atoms with Crippen LogP contribution in [0.5, 0.6) is 0 Å². The maximum Gasteiger partial charge on any atom is 0.245 e. The summed E-state index contributed by atoms with van der Waals surface area (Å²) in [5, 5.41) is 2.60. The van der Waals surface area contributed by atoms with Crippen LogP contribution in [0.2, 0.25) is 0 Å². The third-order valence-corrected chi connectivity index (χ3v) is 4.02. The second-order valence-corrected chi connectivity index (χ2v) is 5.74. The molecule has 92 valence electrons. The molecule has 0 saturated carbocycles. The molecule has 0 spiro atoms. The Morgan fingerprint density at radius 2 is 2.00 bits per heavy atom. The predicted molar refractivity (Wildman–Crippen MR) is 62.3 cm³/mol. The molecule has 1 aliphatic heterocycles. The topological polar surface area (TPSA) is 66.5 Å². The third kappa shape index (κ3) is 2.81. The van der Waals surface area contributed by atoms with Crippen LogP contribution in [0.15, 0.2) is 0 Å². The van der Waals surface area contributed by atoms with Gasteiger partial charge in [0.1, 0.15) is 12.1 Å². The molecule has 0 aromatic heterocycles. The zero-order valence-corrected chi connectivity index (χ0v) is 10.7. The van der Waals surface area contributed by atoms with E-state index in [-0.39, 0.29) is 11.8 Å². The lowest BCUT2D eigenvalue weighted by molar-refractivity contribution is -0.147. The average Bonchev–Trinajstić information content (AvgIpc) is 2.26. The first-order valence-corrected chi connectivity index (χ1v) is 6.92. The van der Waals surface area contributed by atoms with Crippen molar-refractivity contribution >= 4 is 22.6 Å². The van der Waals surface area contributed by atoms with Crippen molar-refractivity contribution in [1.82, 2.24) is 10.2 Å². The molecular weight excluding hydrogens is 228 g/mol. The molecule has 1 saturated heterocycles. The predicted octanol–water partition coefficient (Wildman–Crippen LogP) is -0.510. The van der Waals surface area contributed by atoms with E-state index >= 15 is 0 Å². The van der Waals surface area contributed by atoms with Gasteiger partial charge < -0.3 is 10.2 Å². The number of piperazine rings is 1. The summed E-state index contributed by atoms with van der Waals surface area (Å²) in [6.07, 6.45) is 0. The van der Waals surface area contributed by atoms with Gasteiger partial charge in [-0.25, -0.2) is 0 Å². The van der Waals surface area contributed by atoms with Crippen LogP contribution in [0.1, 0.15) is 20.8 Å². The minimum absolute atomic E-state index is 0.0970. The van der Waals surface area contributed by atoms with Crippen LogP contribution in [-0.2, 0) is 20.4 Å². The van der Waals surface area contributed by atoms with Crippen molar-refractivity contribution in [2.75, 3.05) is 18.1 Å². The summed E-state index contributed by atoms with van der Waals surface area (Å²) in [5.74, 6) is 0.777. The van der Waals surface area contributed by atoms with Gasteiger partial charge in [0.15, 0.2) is 0 Å². The molecule has 0 aromatic carbocycles. The number of amides is 2. The van der Waals surface area contributed by atoms with Crippen LogP contribution in [0.25, 0.3) is 0 Å². The Kier molecular flexibility index (Phi) is 4.46. The molecule has 1 fully saturated rings. The zero-order valence-electron chi connectivity index (χ0n) is 9.86. The lowest BCUT2D eigenvalue weighted by Crippen LogP contribution is -2.61. The van der Waals surface area contributed by atoms with Crippen LogP contribution in [0.3, 0.4) is 0 Å². The first-order valence-electron chi connectivity index (χ1n) is 5.43. The van der Waals surface area contributed by atoms with Crippen molar-refractivity contribution in [1.29, 1.82) is 0 Å². The molecule has 0 radical (unpaired) electrons. The number of hydrogen-bond acceptors (Lipinski definition) is 3. The van der Waals surface area contributed by atoms with Gasteiger partial charge in [-0.2, -0.15) is 0 Å². The van der Waals surface area contributed by atoms with Gasteiger partial charge in [-0.3, -0.25) is 13.8 Å². The highest BCUT2D eigenvalue weighted by Gasteiger charge is 2.35. The molecule has 1 N–H and O–H groups in total. The van der Waals surface area contributed by atoms with E-state index in [1.807, 2.05) is 6.92 Å². The Hall–Kier alpha value is -0.910. The SMILES string of the molecule is CCS(=O)CCN1C(=O)C(C)NC(=O)C1C. The molecule has 16 heavy (non-hydrogen) atoms. The molecule has 0 aromatic rings. The van der Waals surface area contributed by atoms with E-state index in [9.17, 15) is 13.8 Å². The van der Waals surface area contributed by atoms with Crippen molar-refractivity contribution in [3.05, 3.63) is 0 Å². The standard InChI is InChI=1S/C10H18N2O3S/c1-4-16(15)6-5-12-8(3)9(13)11-7(2)10(12)14/h7-8H,4-6H2,1-3H3,(H,11,13). The van der Waals surface area contributed by atoms with Crippen molar-refractivity contribution < 1.29 is 13.8 Å². The molecule has 0 bridgehead atoms. The fourth-order valence-corrected chi connectivity index (χ4v) is 2.31. The summed E-state index contributed by atoms with van der Waals surface area (Å²) >= 11 is 0. The Morgan fingerprint density at radius 1 is 1.38 bits per heavy atom. The molecule has 1 aliphatic rings. The quantitative estimate of drug-likeness (QED) is 0.726. The smallest absolute Gasteiger partial charge is 0.245 e. The number of nitrogens with one attached hydrogen (secondary N) is 1. The van der Waals surface area contributed by atoms with Gasteiger partial charge in [0.25, 0.3) is 0 Å². The molecule has 3 unspecified atom stereocenters. The molecule has 3 atom stereocenters. The number of hydrogen-bond donors (Lipinski definition) is 1. The first-order chi connectivity index (χ1) is 7.47. The van der Waals surface area contributed by atoms with Gasteiger partial charge in [-0.1, -0.05) is 6.92 Å². The zero-order chi connectivity index (χ0) is 12.3. The highest BCUT2D eigenvalue weighted by Crippen LogP contribution is 2.09. The second kappa shape index (κ2) is 5.43. The van der Waals surface area contributed by atoms with E-state index in [0.29, 0.717) is 18.1 Å². The Bertz CT molecular complexity index is 319. The highest BCUT2D eigenvalue weighted by atomic mass is 32.2. The molecule has 2 amide bonds. The Labute approximate surface area is 98.0 Å². The average molecular weight is 246 g/mol. The van der Waals surface area contributed by atoms with Crippen LogP contribution in [0.4, 0.5) is 0 Å². The van der Waals surface area contributed by atoms with Crippen molar-refractivity contribution in [2.45, 2.75) is 32.9 Å². The van der Waals surface area contributed by atoms with Gasteiger partial charge >= 0.3 is 0 Å². The fraction of sp³-hybridized carbons (Fsp3) is 0.800. The molecule has 0 aliphatic carbocycles. The van der Waals surface area contributed by atoms with E-state index in [1.165, 1.54) is 4.90 Å². The number of carbonyl (C=O) groups is 2. The molecule has 5 nitrogen and oxygen atoms in total. The summed E-state index contributed by atoms with van der Waals surface area (Å²) in [6.45, 7) is 5.58. The monoisotopic (exact) mass is 246 g/mol. The largest absolute Gasteiger partial charge is 0.343 e. The molecule has 1 rings (SSSR count). The number of rotatable bonds is 4. The lowest BCUT2D eigenvalue weighted by atomic mass is 10.1. The Morgan fingerprint density at radius 3 is 2.56 bits per heavy atom. The van der Waals surface area contributed by atoms with Crippen molar-refractivity contribution in [2.24, 2.45) is 0 Å². The van der Waals surface area contributed by atoms with Gasteiger partial charge in [-0.05, 0) is 13.8 Å². The maximum atomic E-state index is 11.8. The van der Waals surface area contributed by atoms with Crippen LogP contribution in [-0.4, -0.2) is 51.1 Å². The second-order valence-electron chi connectivity index (χ2n) is 3.87. The summed E-state index contributed by atoms with van der Waals surface area (Å²) in [7, 11) is -0.907. The van der Waals surface area contributed by atoms with Crippen LogP contribution < -0.4 is 5.32 Å². The van der Waals surface area contributed by atoms with E-state index in [0.717, 1.165) is 0 Å². The summed E-state index contributed by atoms with van der Waals surface area (Å²) in [5.41, 5.74) is 0. The number of nitrogens with zero attached hydrogens (tertiary/aromatic N) is 1. The van der Waals surface area contributed by atoms with Crippen LogP contribution >= 0.6 is 0 Å². The molecule has 6 heteroatoms. The van der Waals surface area contributed by atoms with Gasteiger partial charge in [0.05, 0.1) is 0 Å². The minimum atomic E-state index is -0.907. The Balaban J connectivity index is 2.64. The normalized spacial score (nSPS) is 27.8. The summed E-state index contributed by atoms with van der Waals surface area (Å²) < 4.78 is 11.3. The lowest BCUT2D eigenvalue weighted by Gasteiger charge is -2.35. The number of carbonyl (C=O) groups excluding carboxylic acids is 2. The molecule has 1 heterocycles. The van der Waals surface area contributed by atoms with Gasteiger partial charge in [-0.15, -0.1) is 0 Å². The fourth-order valence-electron chi connectivity index (χ4n) is 1.63. The molecular formula is C10H18N2O3S. The van der Waals surface area contributed by atoms with E-state index < -0.39 is 22.9 Å². The summed E-state index contributed by atoms with van der Waals surface area (Å²) in [4.78, 5) is 24.8. The van der Waals surface area contributed by atoms with Gasteiger partial charge in [0.2, 0.25) is 11.8 Å². The van der Waals surface area contributed by atoms with E-state index in [1.54, 1.807) is 13.8 Å². The van der Waals surface area contributed by atoms with E-state index in [4.69, 9.17) is 0 Å². The van der Waals surface area contributed by atoms with Crippen LogP contribution in [0, 0.1) is 0 Å². The van der Waals surface area contributed by atoms with E-state index in [2.05, 4.69) is 5.32 Å². The van der Waals surface area contributed by atoms with Crippen molar-refractivity contribution in [3.63, 3.8) is 0 Å². The highest BCUT2D eigenvalue weighted by molar-refractivity contribution is 7.84. The maximum absolute atomic E-state index is 11.8. The van der Waals surface area contributed by atoms with Gasteiger partial charge in [0, 0.05) is 28.9 Å². The first kappa shape index (κ1) is 13.2. The van der Waals surface area contributed by atoms with Crippen molar-refractivity contribution in [3.8, 4) is 0 Å². The third-order valence-electron chi connectivity index (χ3n) is 2.74. The minimum Gasteiger partial charge on any atom is -0.343 e.